The number of ether oxygens (including phenoxy) is 1. The van der Waals surface area contributed by atoms with Crippen molar-refractivity contribution in [2.45, 2.75) is 6.54 Å². The van der Waals surface area contributed by atoms with Crippen molar-refractivity contribution in [3.63, 3.8) is 0 Å². The Balaban J connectivity index is 1.45. The molecule has 156 valence electrons. The van der Waals surface area contributed by atoms with Crippen molar-refractivity contribution in [2.24, 2.45) is 0 Å². The first-order valence-electron chi connectivity index (χ1n) is 8.96. The number of carbonyl (C=O) groups excluding carboxylic acids is 3. The Bertz CT molecular complexity index is 1190. The van der Waals surface area contributed by atoms with E-state index in [1.54, 1.807) is 54.6 Å². The number of halogens is 2. The molecule has 0 atom stereocenters. The summed E-state index contributed by atoms with van der Waals surface area (Å²) in [5.74, 6) is -0.600. The van der Waals surface area contributed by atoms with Crippen LogP contribution in [0.5, 0.6) is 5.75 Å². The van der Waals surface area contributed by atoms with Crippen LogP contribution in [0.2, 0.25) is 10.0 Å². The number of amides is 2. The van der Waals surface area contributed by atoms with E-state index in [-0.39, 0.29) is 22.4 Å². The molecule has 9 heteroatoms. The molecule has 1 aliphatic rings. The number of hydrogen-bond acceptors (Lipinski definition) is 6. The Morgan fingerprint density at radius 2 is 1.87 bits per heavy atom. The van der Waals surface area contributed by atoms with Gasteiger partial charge in [0.25, 0.3) is 11.1 Å². The van der Waals surface area contributed by atoms with E-state index in [9.17, 15) is 14.4 Å². The first-order valence-corrected chi connectivity index (χ1v) is 10.5. The van der Waals surface area contributed by atoms with E-state index < -0.39 is 11.9 Å². The van der Waals surface area contributed by atoms with Gasteiger partial charge in [-0.2, -0.15) is 0 Å². The summed E-state index contributed by atoms with van der Waals surface area (Å²) >= 11 is 12.9. The van der Waals surface area contributed by atoms with E-state index in [1.165, 1.54) is 12.3 Å². The smallest absolute Gasteiger partial charge is 0.379 e. The number of rotatable bonds is 5. The number of esters is 1. The van der Waals surface area contributed by atoms with Gasteiger partial charge in [0.1, 0.15) is 5.75 Å². The molecular formula is C22H13Cl2NO5S. The summed E-state index contributed by atoms with van der Waals surface area (Å²) in [5.41, 5.74) is 1.30. The van der Waals surface area contributed by atoms with E-state index in [0.717, 1.165) is 16.7 Å². The Morgan fingerprint density at radius 1 is 1.10 bits per heavy atom. The standard InChI is InChI=1S/C22H13Cl2NO5S/c23-15-6-5-14(17(24)11-15)12-25-20(26)19(31-22(25)28)10-13-3-7-16(8-4-13)30-21(27)18-2-1-9-29-18/h1-11H,12H2/b19-10-. The van der Waals surface area contributed by atoms with Crippen molar-refractivity contribution >= 4 is 58.2 Å². The zero-order chi connectivity index (χ0) is 22.0. The number of benzene rings is 2. The average Bonchev–Trinajstić information content (AvgIpc) is 3.36. The third kappa shape index (κ3) is 4.85. The fourth-order valence-electron chi connectivity index (χ4n) is 2.79. The minimum Gasteiger partial charge on any atom is -0.457 e. The summed E-state index contributed by atoms with van der Waals surface area (Å²) < 4.78 is 10.2. The van der Waals surface area contributed by atoms with Crippen LogP contribution in [0.4, 0.5) is 4.79 Å². The zero-order valence-electron chi connectivity index (χ0n) is 15.7. The SMILES string of the molecule is O=C(Oc1ccc(/C=C2\SC(=O)N(Cc3ccc(Cl)cc3Cl)C2=O)cc1)c1ccco1. The minimum absolute atomic E-state index is 0.0552. The molecule has 31 heavy (non-hydrogen) atoms. The number of furan rings is 1. The van der Waals surface area contributed by atoms with E-state index in [4.69, 9.17) is 32.4 Å². The highest BCUT2D eigenvalue weighted by Crippen LogP contribution is 2.34. The van der Waals surface area contributed by atoms with Gasteiger partial charge in [-0.3, -0.25) is 14.5 Å². The lowest BCUT2D eigenvalue weighted by Gasteiger charge is -2.13. The third-order valence-corrected chi connectivity index (χ3v) is 5.82. The van der Waals surface area contributed by atoms with Gasteiger partial charge in [-0.25, -0.2) is 4.79 Å². The highest BCUT2D eigenvalue weighted by atomic mass is 35.5. The Kier molecular flexibility index (Phi) is 6.18. The van der Waals surface area contributed by atoms with Gasteiger partial charge in [0.15, 0.2) is 0 Å². The summed E-state index contributed by atoms with van der Waals surface area (Å²) in [7, 11) is 0. The fraction of sp³-hybridized carbons (Fsp3) is 0.0455. The molecule has 1 saturated heterocycles. The lowest BCUT2D eigenvalue weighted by molar-refractivity contribution is -0.123. The molecule has 0 spiro atoms. The molecular weight excluding hydrogens is 461 g/mol. The average molecular weight is 474 g/mol. The van der Waals surface area contributed by atoms with Crippen LogP contribution in [-0.2, 0) is 11.3 Å². The molecule has 1 fully saturated rings. The summed E-state index contributed by atoms with van der Waals surface area (Å²) in [6.45, 7) is 0.0552. The van der Waals surface area contributed by atoms with Gasteiger partial charge in [0.2, 0.25) is 5.76 Å². The van der Waals surface area contributed by atoms with Crippen LogP contribution in [0.3, 0.4) is 0 Å². The van der Waals surface area contributed by atoms with Crippen molar-refractivity contribution in [1.82, 2.24) is 4.90 Å². The number of carbonyl (C=O) groups is 3. The zero-order valence-corrected chi connectivity index (χ0v) is 18.0. The maximum atomic E-state index is 12.7. The Labute approximate surface area is 191 Å². The monoisotopic (exact) mass is 473 g/mol. The van der Waals surface area contributed by atoms with Crippen molar-refractivity contribution < 1.29 is 23.5 Å². The van der Waals surface area contributed by atoms with Crippen LogP contribution < -0.4 is 4.74 Å². The molecule has 0 N–H and O–H groups in total. The number of nitrogens with zero attached hydrogens (tertiary/aromatic N) is 1. The van der Waals surface area contributed by atoms with Crippen LogP contribution in [0.1, 0.15) is 21.7 Å². The third-order valence-electron chi connectivity index (χ3n) is 4.33. The predicted molar refractivity (Wildman–Crippen MR) is 118 cm³/mol. The predicted octanol–water partition coefficient (Wildman–Crippen LogP) is 6.04. The summed E-state index contributed by atoms with van der Waals surface area (Å²) in [6.07, 6.45) is 2.99. The topological polar surface area (TPSA) is 76.8 Å². The van der Waals surface area contributed by atoms with Gasteiger partial charge in [0.05, 0.1) is 17.7 Å². The minimum atomic E-state index is -0.611. The van der Waals surface area contributed by atoms with Crippen LogP contribution in [0.25, 0.3) is 6.08 Å². The second-order valence-electron chi connectivity index (χ2n) is 6.44. The maximum Gasteiger partial charge on any atom is 0.379 e. The van der Waals surface area contributed by atoms with E-state index in [1.807, 2.05) is 0 Å². The van der Waals surface area contributed by atoms with Gasteiger partial charge in [0, 0.05) is 10.0 Å². The summed E-state index contributed by atoms with van der Waals surface area (Å²) in [5, 5.41) is 0.475. The van der Waals surface area contributed by atoms with Crippen LogP contribution in [0.15, 0.2) is 70.2 Å². The van der Waals surface area contributed by atoms with E-state index in [0.29, 0.717) is 26.9 Å². The molecule has 2 amide bonds. The van der Waals surface area contributed by atoms with Crippen molar-refractivity contribution in [2.75, 3.05) is 0 Å². The lowest BCUT2D eigenvalue weighted by Crippen LogP contribution is -2.27. The molecule has 0 aliphatic carbocycles. The molecule has 2 heterocycles. The molecule has 2 aromatic carbocycles. The molecule has 1 aliphatic heterocycles. The van der Waals surface area contributed by atoms with E-state index in [2.05, 4.69) is 0 Å². The van der Waals surface area contributed by atoms with Gasteiger partial charge in [-0.1, -0.05) is 41.4 Å². The number of hydrogen-bond donors (Lipinski definition) is 0. The second-order valence-corrected chi connectivity index (χ2v) is 8.28. The number of thioether (sulfide) groups is 1. The van der Waals surface area contributed by atoms with Crippen molar-refractivity contribution in [3.05, 3.63) is 92.7 Å². The molecule has 1 aromatic heterocycles. The molecule has 0 radical (unpaired) electrons. The van der Waals surface area contributed by atoms with Crippen molar-refractivity contribution in [3.8, 4) is 5.75 Å². The Morgan fingerprint density at radius 3 is 2.55 bits per heavy atom. The molecule has 0 bridgehead atoms. The normalized spacial score (nSPS) is 15.0. The molecule has 0 unspecified atom stereocenters. The fourth-order valence-corrected chi connectivity index (χ4v) is 4.10. The highest BCUT2D eigenvalue weighted by molar-refractivity contribution is 8.18. The quantitative estimate of drug-likeness (QED) is 0.255. The Hall–Kier alpha value is -3.00. The van der Waals surface area contributed by atoms with Crippen LogP contribution in [-0.4, -0.2) is 22.0 Å². The van der Waals surface area contributed by atoms with Gasteiger partial charge in [-0.15, -0.1) is 0 Å². The number of imide groups is 1. The van der Waals surface area contributed by atoms with Gasteiger partial charge in [-0.05, 0) is 65.4 Å². The molecule has 4 rings (SSSR count). The first-order chi connectivity index (χ1) is 14.9. The van der Waals surface area contributed by atoms with E-state index >= 15 is 0 Å². The highest BCUT2D eigenvalue weighted by Gasteiger charge is 2.35. The van der Waals surface area contributed by atoms with Gasteiger partial charge >= 0.3 is 5.97 Å². The largest absolute Gasteiger partial charge is 0.457 e. The van der Waals surface area contributed by atoms with Crippen LogP contribution in [0, 0.1) is 0 Å². The van der Waals surface area contributed by atoms with Gasteiger partial charge < -0.3 is 9.15 Å². The van der Waals surface area contributed by atoms with Crippen molar-refractivity contribution in [1.29, 1.82) is 0 Å². The molecule has 6 nitrogen and oxygen atoms in total. The molecule has 3 aromatic rings. The first kappa shape index (κ1) is 21.2. The maximum absolute atomic E-state index is 12.7. The second kappa shape index (κ2) is 9.01. The van der Waals surface area contributed by atoms with Crippen LogP contribution >= 0.6 is 35.0 Å². The lowest BCUT2D eigenvalue weighted by atomic mass is 10.2. The molecule has 0 saturated carbocycles. The summed E-state index contributed by atoms with van der Waals surface area (Å²) in [6, 6.07) is 14.5. The summed E-state index contributed by atoms with van der Waals surface area (Å²) in [4.78, 5) is 38.4.